The maximum atomic E-state index is 14.1. The Morgan fingerprint density at radius 2 is 0.833 bits per heavy atom. The Bertz CT molecular complexity index is 2780. The van der Waals surface area contributed by atoms with Crippen molar-refractivity contribution in [2.24, 2.45) is 0 Å². The van der Waals surface area contributed by atoms with E-state index < -0.39 is 35.2 Å². The fourth-order valence-electron chi connectivity index (χ4n) is 7.09. The molecule has 8 rings (SSSR count). The maximum Gasteiger partial charge on any atom is 0.416 e. The van der Waals surface area contributed by atoms with Crippen molar-refractivity contribution >= 4 is 43.6 Å². The number of halogens is 9. The van der Waals surface area contributed by atoms with Gasteiger partial charge in [0.1, 0.15) is 11.6 Å². The Morgan fingerprint density at radius 1 is 0.407 bits per heavy atom. The molecule has 0 fully saturated rings. The standard InChI is InChI=1S/C41H19F9N4/c42-39(43,44)25-9-11-35-30(18-25)28-5-1-3-7-33(28)53(35)37-16-24(23-13-22(20-51)14-27(15-23)41(48,49)50)17-38(32(37)21-52)54-34-8-4-2-6-29(34)31-19-26(40(45,46)47)10-12-36(31)54/h1-19H. The van der Waals surface area contributed by atoms with E-state index in [1.807, 2.05) is 0 Å². The van der Waals surface area contributed by atoms with Crippen LogP contribution in [0, 0.1) is 22.7 Å². The minimum Gasteiger partial charge on any atom is -0.308 e. The zero-order valence-electron chi connectivity index (χ0n) is 27.2. The van der Waals surface area contributed by atoms with Crippen LogP contribution in [0.5, 0.6) is 0 Å². The van der Waals surface area contributed by atoms with Gasteiger partial charge in [0.25, 0.3) is 0 Å². The van der Waals surface area contributed by atoms with Crippen molar-refractivity contribution in [2.45, 2.75) is 18.5 Å². The average molecular weight is 739 g/mol. The smallest absolute Gasteiger partial charge is 0.308 e. The largest absolute Gasteiger partial charge is 0.416 e. The SMILES string of the molecule is N#Cc1cc(-c2cc(-n3c4ccccc4c4cc(C(F)(F)F)ccc43)c(C#N)c(-n3c4ccccc4c4cc(C(F)(F)F)ccc43)c2)cc(C(F)(F)F)c1. The van der Waals surface area contributed by atoms with Crippen LogP contribution < -0.4 is 0 Å². The van der Waals surface area contributed by atoms with E-state index in [1.54, 1.807) is 54.6 Å². The van der Waals surface area contributed by atoms with Crippen LogP contribution in [0.4, 0.5) is 39.5 Å². The van der Waals surface area contributed by atoms with Gasteiger partial charge in [0.05, 0.1) is 61.8 Å². The first kappa shape index (κ1) is 34.4. The van der Waals surface area contributed by atoms with Crippen molar-refractivity contribution < 1.29 is 39.5 Å². The van der Waals surface area contributed by atoms with Gasteiger partial charge in [0, 0.05) is 21.5 Å². The fraction of sp³-hybridized carbons (Fsp3) is 0.0732. The van der Waals surface area contributed by atoms with Crippen molar-refractivity contribution in [2.75, 3.05) is 0 Å². The van der Waals surface area contributed by atoms with E-state index >= 15 is 0 Å². The minimum absolute atomic E-state index is 0.0599. The maximum absolute atomic E-state index is 14.1. The van der Waals surface area contributed by atoms with Gasteiger partial charge in [-0.25, -0.2) is 0 Å². The number of para-hydroxylation sites is 2. The number of alkyl halides is 9. The van der Waals surface area contributed by atoms with Crippen LogP contribution in [0.1, 0.15) is 27.8 Å². The highest BCUT2D eigenvalue weighted by Crippen LogP contribution is 2.43. The number of hydrogen-bond donors (Lipinski definition) is 0. The molecule has 0 saturated carbocycles. The van der Waals surface area contributed by atoms with Gasteiger partial charge in [-0.2, -0.15) is 50.0 Å². The molecule has 0 aliphatic rings. The van der Waals surface area contributed by atoms with Crippen molar-refractivity contribution in [3.8, 4) is 34.6 Å². The third-order valence-electron chi connectivity index (χ3n) is 9.41. The van der Waals surface area contributed by atoms with Gasteiger partial charge in [0.2, 0.25) is 0 Å². The first-order chi connectivity index (χ1) is 25.6. The lowest BCUT2D eigenvalue weighted by atomic mass is 9.96. The molecule has 0 aliphatic heterocycles. The molecule has 0 saturated heterocycles. The van der Waals surface area contributed by atoms with E-state index in [9.17, 15) is 50.0 Å². The summed E-state index contributed by atoms with van der Waals surface area (Å²) in [6.45, 7) is 0. The van der Waals surface area contributed by atoms with Crippen molar-refractivity contribution in [1.29, 1.82) is 10.5 Å². The summed E-state index contributed by atoms with van der Waals surface area (Å²) < 4.78 is 129. The van der Waals surface area contributed by atoms with Crippen LogP contribution >= 0.6 is 0 Å². The quantitative estimate of drug-likeness (QED) is 0.170. The highest BCUT2D eigenvalue weighted by atomic mass is 19.4. The van der Waals surface area contributed by atoms with Crippen LogP contribution in [0.15, 0.2) is 115 Å². The molecule has 0 aliphatic carbocycles. The molecule has 2 heterocycles. The molecule has 0 N–H and O–H groups in total. The minimum atomic E-state index is -4.86. The van der Waals surface area contributed by atoms with Gasteiger partial charge in [-0.15, -0.1) is 0 Å². The second-order valence-electron chi connectivity index (χ2n) is 12.6. The van der Waals surface area contributed by atoms with Gasteiger partial charge in [-0.05, 0) is 90.0 Å². The number of aromatic nitrogens is 2. The van der Waals surface area contributed by atoms with Crippen molar-refractivity contribution in [3.63, 3.8) is 0 Å². The summed E-state index contributed by atoms with van der Waals surface area (Å²) in [7, 11) is 0. The average Bonchev–Trinajstić information content (AvgIpc) is 3.65. The van der Waals surface area contributed by atoms with E-state index in [4.69, 9.17) is 0 Å². The number of nitriles is 2. The third kappa shape index (κ3) is 5.48. The van der Waals surface area contributed by atoms with Gasteiger partial charge < -0.3 is 9.13 Å². The molecule has 13 heteroatoms. The first-order valence-electron chi connectivity index (χ1n) is 16.0. The highest BCUT2D eigenvalue weighted by Gasteiger charge is 2.34. The van der Waals surface area contributed by atoms with Crippen LogP contribution in [-0.2, 0) is 18.5 Å². The molecule has 0 bridgehead atoms. The molecule has 2 aromatic heterocycles. The molecule has 0 radical (unpaired) electrons. The predicted molar refractivity (Wildman–Crippen MR) is 185 cm³/mol. The Morgan fingerprint density at radius 3 is 1.26 bits per heavy atom. The van der Waals surface area contributed by atoms with Gasteiger partial charge >= 0.3 is 18.5 Å². The molecular formula is C41H19F9N4. The summed E-state index contributed by atoms with van der Waals surface area (Å²) in [5.74, 6) is 0. The van der Waals surface area contributed by atoms with Crippen molar-refractivity contribution in [3.05, 3.63) is 143 Å². The summed E-state index contributed by atoms with van der Waals surface area (Å²) >= 11 is 0. The van der Waals surface area contributed by atoms with E-state index in [1.165, 1.54) is 39.5 Å². The van der Waals surface area contributed by atoms with Gasteiger partial charge in [0.15, 0.2) is 0 Å². The molecule has 4 nitrogen and oxygen atoms in total. The highest BCUT2D eigenvalue weighted by molar-refractivity contribution is 6.11. The number of benzene rings is 6. The number of rotatable bonds is 3. The molecule has 0 spiro atoms. The van der Waals surface area contributed by atoms with E-state index in [-0.39, 0.29) is 55.4 Å². The van der Waals surface area contributed by atoms with Gasteiger partial charge in [-0.3, -0.25) is 0 Å². The lowest BCUT2D eigenvalue weighted by Gasteiger charge is -2.19. The predicted octanol–water partition coefficient (Wildman–Crippen LogP) is 12.3. The number of fused-ring (bicyclic) bond motifs is 6. The lowest BCUT2D eigenvalue weighted by molar-refractivity contribution is -0.138. The zero-order chi connectivity index (χ0) is 38.3. The fourth-order valence-corrected chi connectivity index (χ4v) is 7.09. The molecule has 266 valence electrons. The van der Waals surface area contributed by atoms with E-state index in [2.05, 4.69) is 6.07 Å². The number of hydrogen-bond acceptors (Lipinski definition) is 2. The zero-order valence-corrected chi connectivity index (χ0v) is 27.2. The third-order valence-corrected chi connectivity index (χ3v) is 9.41. The van der Waals surface area contributed by atoms with Crippen LogP contribution in [0.25, 0.3) is 66.1 Å². The summed E-state index contributed by atoms with van der Waals surface area (Å²) in [6.07, 6.45) is -14.2. The topological polar surface area (TPSA) is 57.4 Å². The molecule has 6 aromatic carbocycles. The van der Waals surface area contributed by atoms with Gasteiger partial charge in [-0.1, -0.05) is 36.4 Å². The molecule has 0 atom stereocenters. The Labute approximate surface area is 298 Å². The Kier molecular flexibility index (Phi) is 7.57. The van der Waals surface area contributed by atoms with Crippen LogP contribution in [0.3, 0.4) is 0 Å². The summed E-state index contributed by atoms with van der Waals surface area (Å²) in [6, 6.07) is 28.6. The second-order valence-corrected chi connectivity index (χ2v) is 12.6. The Hall–Kier alpha value is -6.73. The first-order valence-corrected chi connectivity index (χ1v) is 16.0. The molecule has 54 heavy (non-hydrogen) atoms. The van der Waals surface area contributed by atoms with Crippen LogP contribution in [0.2, 0.25) is 0 Å². The number of nitrogens with zero attached hydrogens (tertiary/aromatic N) is 4. The second kappa shape index (κ2) is 11.9. The monoisotopic (exact) mass is 738 g/mol. The normalized spacial score (nSPS) is 12.5. The molecule has 0 unspecified atom stereocenters. The summed E-state index contributed by atoms with van der Waals surface area (Å²) in [4.78, 5) is 0. The van der Waals surface area contributed by atoms with Crippen molar-refractivity contribution in [1.82, 2.24) is 9.13 Å². The molecule has 8 aromatic rings. The molecular weight excluding hydrogens is 719 g/mol. The summed E-state index contributed by atoms with van der Waals surface area (Å²) in [5, 5.41) is 21.7. The Balaban J connectivity index is 1.55. The van der Waals surface area contributed by atoms with E-state index in [0.717, 1.165) is 30.3 Å². The van der Waals surface area contributed by atoms with E-state index in [0.29, 0.717) is 27.9 Å². The summed E-state index contributed by atoms with van der Waals surface area (Å²) in [5.41, 5.74) is -2.05. The molecule has 0 amide bonds. The van der Waals surface area contributed by atoms with Crippen LogP contribution in [-0.4, -0.2) is 9.13 Å². The lowest BCUT2D eigenvalue weighted by Crippen LogP contribution is -2.07.